The summed E-state index contributed by atoms with van der Waals surface area (Å²) in [5, 5.41) is 11.4. The Morgan fingerprint density at radius 2 is 1.94 bits per heavy atom. The van der Waals surface area contributed by atoms with E-state index in [0.717, 1.165) is 10.4 Å². The third kappa shape index (κ3) is 3.75. The molecule has 2 aromatic carbocycles. The van der Waals surface area contributed by atoms with E-state index in [1.165, 1.54) is 11.3 Å². The lowest BCUT2D eigenvalue weighted by Crippen LogP contribution is -2.45. The van der Waals surface area contributed by atoms with Crippen LogP contribution in [0, 0.1) is 0 Å². The number of anilines is 1. The van der Waals surface area contributed by atoms with Gasteiger partial charge in [-0.15, -0.1) is 11.3 Å². The molecule has 7 nitrogen and oxygen atoms in total. The van der Waals surface area contributed by atoms with Gasteiger partial charge in [0.15, 0.2) is 10.5 Å². The Kier molecular flexibility index (Phi) is 5.55. The highest BCUT2D eigenvalue weighted by Gasteiger charge is 2.42. The number of thiazole rings is 1. The Balaban J connectivity index is 1.77. The Hall–Kier alpha value is -3.36. The molecule has 0 bridgehead atoms. The first kappa shape index (κ1) is 21.5. The number of hydrogen-bond acceptors (Lipinski definition) is 6. The van der Waals surface area contributed by atoms with Gasteiger partial charge in [-0.1, -0.05) is 54.1 Å². The quantitative estimate of drug-likeness (QED) is 0.440. The molecule has 0 saturated heterocycles. The van der Waals surface area contributed by atoms with Gasteiger partial charge < -0.3 is 9.84 Å². The highest BCUT2D eigenvalue weighted by molar-refractivity contribution is 7.15. The topological polar surface area (TPSA) is 71.5 Å². The number of aromatic nitrogens is 3. The van der Waals surface area contributed by atoms with Crippen molar-refractivity contribution in [2.75, 3.05) is 25.6 Å². The van der Waals surface area contributed by atoms with Crippen molar-refractivity contribution >= 4 is 28.9 Å². The van der Waals surface area contributed by atoms with Crippen molar-refractivity contribution in [1.82, 2.24) is 9.55 Å². The first-order valence-electron chi connectivity index (χ1n) is 10.4. The van der Waals surface area contributed by atoms with Crippen LogP contribution in [-0.4, -0.2) is 35.4 Å². The van der Waals surface area contributed by atoms with Crippen molar-refractivity contribution < 1.29 is 14.4 Å². The van der Waals surface area contributed by atoms with Crippen LogP contribution in [0.25, 0.3) is 11.1 Å². The monoisotopic (exact) mass is 481 g/mol. The highest BCUT2D eigenvalue weighted by atomic mass is 35.5. The van der Waals surface area contributed by atoms with Crippen LogP contribution >= 0.6 is 22.9 Å². The van der Waals surface area contributed by atoms with Gasteiger partial charge in [-0.2, -0.15) is 9.13 Å². The summed E-state index contributed by atoms with van der Waals surface area (Å²) >= 11 is 7.47. The molecule has 0 spiro atoms. The van der Waals surface area contributed by atoms with Crippen molar-refractivity contribution in [3.05, 3.63) is 86.1 Å². The summed E-state index contributed by atoms with van der Waals surface area (Å²) in [4.78, 5) is 20.9. The van der Waals surface area contributed by atoms with E-state index in [9.17, 15) is 9.90 Å². The number of methoxy groups -OCH3 is 1. The molecule has 9 heteroatoms. The van der Waals surface area contributed by atoms with E-state index in [0.29, 0.717) is 34.8 Å². The fourth-order valence-corrected chi connectivity index (χ4v) is 5.36. The first-order chi connectivity index (χ1) is 16.0. The van der Waals surface area contributed by atoms with Gasteiger partial charge in [0.25, 0.3) is 5.88 Å². The van der Waals surface area contributed by atoms with Gasteiger partial charge in [0, 0.05) is 6.20 Å². The van der Waals surface area contributed by atoms with E-state index in [1.807, 2.05) is 42.3 Å². The van der Waals surface area contributed by atoms with Gasteiger partial charge in [-0.25, -0.2) is 9.78 Å². The molecule has 0 radical (unpaired) electrons. The molecule has 1 unspecified atom stereocenters. The molecule has 5 rings (SSSR count). The standard InChI is InChI=1S/C24H21ClN4O3S/c1-27-14-18(19-12-26-23(25)33-19)29-22(31)20(16-8-10-17(32-2)11-9-16)21(30)28(24(27)29)13-15-6-4-3-5-7-15/h3-12,18H,13-14H2,1-2H3/p+1. The van der Waals surface area contributed by atoms with Crippen molar-refractivity contribution in [3.8, 4) is 22.8 Å². The second kappa shape index (κ2) is 8.53. The summed E-state index contributed by atoms with van der Waals surface area (Å²) in [6.07, 6.45) is 1.72. The van der Waals surface area contributed by atoms with E-state index in [-0.39, 0.29) is 23.0 Å². The van der Waals surface area contributed by atoms with Gasteiger partial charge in [-0.3, -0.25) is 4.90 Å². The maximum Gasteiger partial charge on any atom is 0.366 e. The first-order valence-corrected chi connectivity index (χ1v) is 11.6. The molecule has 1 aliphatic rings. The zero-order valence-corrected chi connectivity index (χ0v) is 19.7. The van der Waals surface area contributed by atoms with Gasteiger partial charge in [0.1, 0.15) is 24.4 Å². The summed E-state index contributed by atoms with van der Waals surface area (Å²) in [6.45, 7) is 0.972. The number of rotatable bonds is 5. The average Bonchev–Trinajstić information content (AvgIpc) is 3.41. The molecule has 1 aliphatic heterocycles. The Morgan fingerprint density at radius 1 is 1.21 bits per heavy atom. The van der Waals surface area contributed by atoms with Crippen molar-refractivity contribution in [2.24, 2.45) is 0 Å². The minimum Gasteiger partial charge on any atom is -0.497 e. The van der Waals surface area contributed by atoms with Crippen LogP contribution in [0.5, 0.6) is 11.6 Å². The lowest BCUT2D eigenvalue weighted by molar-refractivity contribution is -0.684. The number of fused-ring (bicyclic) bond motifs is 1. The number of nitrogens with zero attached hydrogens (tertiary/aromatic N) is 4. The summed E-state index contributed by atoms with van der Waals surface area (Å²) in [5.74, 6) is 1.23. The van der Waals surface area contributed by atoms with Crippen LogP contribution in [0.2, 0.25) is 4.47 Å². The minimum atomic E-state index is -0.268. The molecule has 4 aromatic rings. The number of ether oxygens (including phenoxy) is 1. The maximum atomic E-state index is 13.9. The SMILES string of the molecule is COc1ccc(-c2c(O)[n+](Cc3ccccc3)c3n(c2=O)C(c2cnc(Cl)s2)CN3C)cc1. The van der Waals surface area contributed by atoms with Gasteiger partial charge in [-0.05, 0) is 23.3 Å². The minimum absolute atomic E-state index is 0.0740. The molecule has 0 fully saturated rings. The van der Waals surface area contributed by atoms with E-state index >= 15 is 0 Å². The second-order valence-corrected chi connectivity index (χ2v) is 9.53. The number of halogens is 1. The molecular weight excluding hydrogens is 460 g/mol. The highest BCUT2D eigenvalue weighted by Crippen LogP contribution is 2.36. The van der Waals surface area contributed by atoms with Crippen LogP contribution in [0.4, 0.5) is 5.95 Å². The third-order valence-corrected chi connectivity index (χ3v) is 7.07. The Bertz CT molecular complexity index is 1370. The lowest BCUT2D eigenvalue weighted by Gasteiger charge is -2.16. The molecule has 0 aliphatic carbocycles. The summed E-state index contributed by atoms with van der Waals surface area (Å²) in [5.41, 5.74) is 1.60. The van der Waals surface area contributed by atoms with Crippen LogP contribution < -0.4 is 19.8 Å². The number of hydrogen-bond donors (Lipinski definition) is 1. The summed E-state index contributed by atoms with van der Waals surface area (Å²) in [7, 11) is 3.51. The summed E-state index contributed by atoms with van der Waals surface area (Å²) < 4.78 is 9.22. The largest absolute Gasteiger partial charge is 0.497 e. The van der Waals surface area contributed by atoms with Gasteiger partial charge >= 0.3 is 11.5 Å². The predicted octanol–water partition coefficient (Wildman–Crippen LogP) is 3.71. The maximum absolute atomic E-state index is 13.9. The fraction of sp³-hybridized carbons (Fsp3) is 0.208. The zero-order chi connectivity index (χ0) is 23.1. The van der Waals surface area contributed by atoms with Crippen LogP contribution in [0.15, 0.2) is 65.6 Å². The zero-order valence-electron chi connectivity index (χ0n) is 18.1. The van der Waals surface area contributed by atoms with Gasteiger partial charge in [0.05, 0.1) is 19.0 Å². The second-order valence-electron chi connectivity index (χ2n) is 7.89. The lowest BCUT2D eigenvalue weighted by atomic mass is 10.1. The molecule has 0 amide bonds. The van der Waals surface area contributed by atoms with Crippen molar-refractivity contribution in [1.29, 1.82) is 0 Å². The third-order valence-electron chi connectivity index (χ3n) is 5.85. The van der Waals surface area contributed by atoms with Crippen molar-refractivity contribution in [3.63, 3.8) is 0 Å². The van der Waals surface area contributed by atoms with E-state index in [2.05, 4.69) is 4.98 Å². The van der Waals surface area contributed by atoms with E-state index in [4.69, 9.17) is 16.3 Å². The molecule has 1 atom stereocenters. The van der Waals surface area contributed by atoms with Crippen molar-refractivity contribution in [2.45, 2.75) is 12.6 Å². The number of aromatic hydroxyl groups is 1. The molecule has 168 valence electrons. The van der Waals surface area contributed by atoms with Gasteiger partial charge in [0.2, 0.25) is 0 Å². The number of likely N-dealkylation sites (N-methyl/N-ethyl adjacent to an activating group) is 1. The number of benzene rings is 2. The molecule has 1 N–H and O–H groups in total. The van der Waals surface area contributed by atoms with Crippen LogP contribution in [0.3, 0.4) is 0 Å². The normalized spacial score (nSPS) is 15.0. The van der Waals surface area contributed by atoms with E-state index in [1.54, 1.807) is 46.7 Å². The molecular formula is C24H22ClN4O3S+. The average molecular weight is 482 g/mol. The van der Waals surface area contributed by atoms with Crippen LogP contribution in [-0.2, 0) is 6.54 Å². The fourth-order valence-electron chi connectivity index (χ4n) is 4.32. The van der Waals surface area contributed by atoms with E-state index < -0.39 is 0 Å². The molecule has 3 heterocycles. The molecule has 33 heavy (non-hydrogen) atoms. The van der Waals surface area contributed by atoms with Crippen LogP contribution in [0.1, 0.15) is 16.5 Å². The smallest absolute Gasteiger partial charge is 0.366 e. The Morgan fingerprint density at radius 3 is 2.58 bits per heavy atom. The molecule has 0 saturated carbocycles. The predicted molar refractivity (Wildman–Crippen MR) is 129 cm³/mol. The molecule has 2 aromatic heterocycles. The summed E-state index contributed by atoms with van der Waals surface area (Å²) in [6, 6.07) is 16.7. The Labute approximate surface area is 199 Å².